The summed E-state index contributed by atoms with van der Waals surface area (Å²) in [5.74, 6) is 1.26. The predicted molar refractivity (Wildman–Crippen MR) is 138 cm³/mol. The molecular formula is C25H24BrN3O3S. The van der Waals surface area contributed by atoms with Crippen LogP contribution in [0.4, 0.5) is 0 Å². The van der Waals surface area contributed by atoms with Crippen molar-refractivity contribution >= 4 is 44.3 Å². The first-order valence-corrected chi connectivity index (χ1v) is 12.0. The fourth-order valence-electron chi connectivity index (χ4n) is 3.38. The van der Waals surface area contributed by atoms with Crippen molar-refractivity contribution in [3.8, 4) is 28.5 Å². The van der Waals surface area contributed by atoms with Gasteiger partial charge in [0.25, 0.3) is 0 Å². The molecule has 8 heteroatoms. The molecule has 0 aliphatic rings. The molecule has 33 heavy (non-hydrogen) atoms. The molecule has 170 valence electrons. The minimum atomic E-state index is 0.0572. The second kappa shape index (κ2) is 9.80. The van der Waals surface area contributed by atoms with Gasteiger partial charge in [-0.1, -0.05) is 18.2 Å². The highest BCUT2D eigenvalue weighted by atomic mass is 79.9. The molecular weight excluding hydrogens is 502 g/mol. The lowest BCUT2D eigenvalue weighted by Crippen LogP contribution is -2.14. The lowest BCUT2D eigenvalue weighted by Gasteiger charge is -2.08. The van der Waals surface area contributed by atoms with Crippen LogP contribution in [0.25, 0.3) is 22.0 Å². The Labute approximate surface area is 204 Å². The number of aromatic nitrogens is 1. The SMILES string of the molecule is COc1ccc2cc(-c3csc(=NC(C)C)n3N=Cc3cc(Br)c(O)c(OC)c3)ccc2c1. The number of hydrogen-bond donors (Lipinski definition) is 1. The second-order valence-corrected chi connectivity index (χ2v) is 9.36. The molecule has 0 bridgehead atoms. The van der Waals surface area contributed by atoms with E-state index in [1.165, 1.54) is 7.11 Å². The van der Waals surface area contributed by atoms with Gasteiger partial charge in [-0.05, 0) is 76.4 Å². The third-order valence-corrected chi connectivity index (χ3v) is 6.42. The summed E-state index contributed by atoms with van der Waals surface area (Å²) in [5.41, 5.74) is 2.76. The van der Waals surface area contributed by atoms with E-state index in [0.29, 0.717) is 10.2 Å². The number of phenols is 1. The van der Waals surface area contributed by atoms with Crippen LogP contribution >= 0.6 is 27.3 Å². The van der Waals surface area contributed by atoms with Crippen LogP contribution in [0.5, 0.6) is 17.2 Å². The Morgan fingerprint density at radius 3 is 2.52 bits per heavy atom. The first-order chi connectivity index (χ1) is 15.9. The number of nitrogens with zero attached hydrogens (tertiary/aromatic N) is 3. The van der Waals surface area contributed by atoms with E-state index in [9.17, 15) is 5.11 Å². The van der Waals surface area contributed by atoms with E-state index in [2.05, 4.69) is 45.6 Å². The van der Waals surface area contributed by atoms with Gasteiger partial charge < -0.3 is 14.6 Å². The van der Waals surface area contributed by atoms with Crippen LogP contribution in [-0.4, -0.2) is 36.3 Å². The Kier molecular flexibility index (Phi) is 6.85. The maximum absolute atomic E-state index is 10.1. The number of rotatable bonds is 6. The van der Waals surface area contributed by atoms with Crippen molar-refractivity contribution in [3.05, 3.63) is 68.7 Å². The largest absolute Gasteiger partial charge is 0.503 e. The van der Waals surface area contributed by atoms with E-state index in [-0.39, 0.29) is 11.8 Å². The van der Waals surface area contributed by atoms with Gasteiger partial charge in [0.1, 0.15) is 5.75 Å². The molecule has 0 aliphatic carbocycles. The molecule has 0 saturated heterocycles. The Balaban J connectivity index is 1.82. The highest BCUT2D eigenvalue weighted by Crippen LogP contribution is 2.35. The van der Waals surface area contributed by atoms with Crippen molar-refractivity contribution in [1.29, 1.82) is 0 Å². The minimum absolute atomic E-state index is 0.0572. The molecule has 4 rings (SSSR count). The van der Waals surface area contributed by atoms with Gasteiger partial charge in [0.15, 0.2) is 11.5 Å². The number of methoxy groups -OCH3 is 2. The summed E-state index contributed by atoms with van der Waals surface area (Å²) in [4.78, 5) is 5.55. The van der Waals surface area contributed by atoms with Gasteiger partial charge in [-0.15, -0.1) is 11.3 Å². The number of ether oxygens (including phenoxy) is 2. The summed E-state index contributed by atoms with van der Waals surface area (Å²) in [7, 11) is 3.19. The summed E-state index contributed by atoms with van der Waals surface area (Å²) in [6.45, 7) is 4.08. The van der Waals surface area contributed by atoms with Crippen LogP contribution in [-0.2, 0) is 0 Å². The van der Waals surface area contributed by atoms with Gasteiger partial charge in [0, 0.05) is 17.0 Å². The third-order valence-electron chi connectivity index (χ3n) is 4.99. The Hall–Kier alpha value is -3.10. The van der Waals surface area contributed by atoms with Crippen LogP contribution in [0, 0.1) is 0 Å². The maximum atomic E-state index is 10.1. The first kappa shape index (κ1) is 23.1. The second-order valence-electron chi connectivity index (χ2n) is 7.66. The average molecular weight is 526 g/mol. The Morgan fingerprint density at radius 2 is 1.79 bits per heavy atom. The topological polar surface area (TPSA) is 68.3 Å². The number of halogens is 1. The highest BCUT2D eigenvalue weighted by Gasteiger charge is 2.11. The first-order valence-electron chi connectivity index (χ1n) is 10.3. The van der Waals surface area contributed by atoms with Crippen molar-refractivity contribution in [2.45, 2.75) is 19.9 Å². The van der Waals surface area contributed by atoms with Crippen molar-refractivity contribution in [2.24, 2.45) is 10.1 Å². The molecule has 6 nitrogen and oxygen atoms in total. The molecule has 0 unspecified atom stereocenters. The number of benzene rings is 3. The van der Waals surface area contributed by atoms with E-state index in [4.69, 9.17) is 19.6 Å². The van der Waals surface area contributed by atoms with Gasteiger partial charge in [-0.3, -0.25) is 4.99 Å². The molecule has 0 aliphatic heterocycles. The molecule has 0 saturated carbocycles. The Morgan fingerprint density at radius 1 is 1.03 bits per heavy atom. The molecule has 3 aromatic carbocycles. The van der Waals surface area contributed by atoms with Crippen molar-refractivity contribution < 1.29 is 14.6 Å². The maximum Gasteiger partial charge on any atom is 0.206 e. The van der Waals surface area contributed by atoms with E-state index in [1.54, 1.807) is 36.8 Å². The molecule has 1 N–H and O–H groups in total. The number of fused-ring (bicyclic) bond motifs is 1. The minimum Gasteiger partial charge on any atom is -0.503 e. The van der Waals surface area contributed by atoms with E-state index < -0.39 is 0 Å². The normalized spacial score (nSPS) is 12.2. The molecule has 0 fully saturated rings. The predicted octanol–water partition coefficient (Wildman–Crippen LogP) is 6.05. The quantitative estimate of drug-likeness (QED) is 0.311. The summed E-state index contributed by atoms with van der Waals surface area (Å²) >= 11 is 4.91. The monoisotopic (exact) mass is 525 g/mol. The van der Waals surface area contributed by atoms with Gasteiger partial charge in [-0.25, -0.2) is 4.68 Å². The summed E-state index contributed by atoms with van der Waals surface area (Å²) in [6, 6.07) is 16.0. The summed E-state index contributed by atoms with van der Waals surface area (Å²) < 4.78 is 13.0. The van der Waals surface area contributed by atoms with Gasteiger partial charge in [-0.2, -0.15) is 5.10 Å². The van der Waals surface area contributed by atoms with E-state index in [0.717, 1.165) is 38.1 Å². The van der Waals surface area contributed by atoms with E-state index >= 15 is 0 Å². The smallest absolute Gasteiger partial charge is 0.206 e. The van der Waals surface area contributed by atoms with Gasteiger partial charge >= 0.3 is 0 Å². The molecule has 4 aromatic rings. The number of hydrogen-bond acceptors (Lipinski definition) is 6. The van der Waals surface area contributed by atoms with Gasteiger partial charge in [0.2, 0.25) is 4.80 Å². The van der Waals surface area contributed by atoms with Gasteiger partial charge in [0.05, 0.1) is 30.6 Å². The fourth-order valence-corrected chi connectivity index (χ4v) is 4.81. The molecule has 0 spiro atoms. The number of aromatic hydroxyl groups is 1. The fraction of sp³-hybridized carbons (Fsp3) is 0.200. The molecule has 0 atom stereocenters. The molecule has 0 radical (unpaired) electrons. The zero-order valence-electron chi connectivity index (χ0n) is 18.7. The number of thiazole rings is 1. The molecule has 1 heterocycles. The highest BCUT2D eigenvalue weighted by molar-refractivity contribution is 9.10. The van der Waals surface area contributed by atoms with Crippen molar-refractivity contribution in [2.75, 3.05) is 14.2 Å². The van der Waals surface area contributed by atoms with Crippen molar-refractivity contribution in [3.63, 3.8) is 0 Å². The van der Waals surface area contributed by atoms with Crippen LogP contribution < -0.4 is 14.3 Å². The molecule has 1 aromatic heterocycles. The zero-order valence-corrected chi connectivity index (χ0v) is 21.1. The summed E-state index contributed by atoms with van der Waals surface area (Å²) in [6.07, 6.45) is 1.73. The van der Waals surface area contributed by atoms with Crippen LogP contribution in [0.3, 0.4) is 0 Å². The lowest BCUT2D eigenvalue weighted by atomic mass is 10.1. The third kappa shape index (κ3) is 4.96. The lowest BCUT2D eigenvalue weighted by molar-refractivity contribution is 0.372. The Bertz CT molecular complexity index is 1410. The number of phenolic OH excluding ortho intramolecular Hbond substituents is 1. The van der Waals surface area contributed by atoms with Crippen molar-refractivity contribution in [1.82, 2.24) is 4.68 Å². The summed E-state index contributed by atoms with van der Waals surface area (Å²) in [5, 5.41) is 19.1. The molecule has 0 amide bonds. The van der Waals surface area contributed by atoms with Crippen LogP contribution in [0.15, 0.2) is 68.5 Å². The zero-order chi connectivity index (χ0) is 23.5. The standard InChI is InChI=1S/C25H24BrN3O3S/c1-15(2)28-25-29(27-13-16-9-21(26)24(30)23(10-16)32-4)22(14-33-25)19-6-5-18-12-20(31-3)8-7-17(18)11-19/h5-15,30H,1-4H3. The van der Waals surface area contributed by atoms with Crippen LogP contribution in [0.2, 0.25) is 0 Å². The van der Waals surface area contributed by atoms with Crippen LogP contribution in [0.1, 0.15) is 19.4 Å². The van der Waals surface area contributed by atoms with E-state index in [1.807, 2.05) is 30.7 Å². The average Bonchev–Trinajstić information content (AvgIpc) is 3.20.